The van der Waals surface area contributed by atoms with Crippen molar-refractivity contribution in [1.29, 1.82) is 0 Å². The number of nitrogens with zero attached hydrogens (tertiary/aromatic N) is 2. The molecule has 1 aromatic carbocycles. The summed E-state index contributed by atoms with van der Waals surface area (Å²) in [4.78, 5) is 36.1. The highest BCUT2D eigenvalue weighted by Gasteiger charge is 2.23. The molecule has 9 nitrogen and oxygen atoms in total. The van der Waals surface area contributed by atoms with Gasteiger partial charge in [0.1, 0.15) is 17.0 Å². The van der Waals surface area contributed by atoms with Crippen molar-refractivity contribution in [3.63, 3.8) is 0 Å². The first-order chi connectivity index (χ1) is 9.85. The van der Waals surface area contributed by atoms with Gasteiger partial charge < -0.3 is 14.9 Å². The first-order valence-electron chi connectivity index (χ1n) is 5.49. The second-order valence-corrected chi connectivity index (χ2v) is 3.97. The quantitative estimate of drug-likeness (QED) is 0.638. The number of rotatable bonds is 4. The van der Waals surface area contributed by atoms with Crippen LogP contribution in [0.3, 0.4) is 0 Å². The van der Waals surface area contributed by atoms with E-state index < -0.39 is 33.8 Å². The second-order valence-electron chi connectivity index (χ2n) is 3.97. The van der Waals surface area contributed by atoms with Crippen LogP contribution in [0.5, 0.6) is 5.75 Å². The predicted octanol–water partition coefficient (Wildman–Crippen LogP) is 1.55. The number of ether oxygens (including phenoxy) is 1. The van der Waals surface area contributed by atoms with Crippen molar-refractivity contribution < 1.29 is 29.5 Å². The van der Waals surface area contributed by atoms with E-state index >= 15 is 0 Å². The van der Waals surface area contributed by atoms with E-state index in [0.717, 1.165) is 12.1 Å². The zero-order valence-electron chi connectivity index (χ0n) is 10.6. The molecule has 0 fully saturated rings. The smallest absolute Gasteiger partial charge is 0.354 e. The molecule has 9 heteroatoms. The summed E-state index contributed by atoms with van der Waals surface area (Å²) in [6, 6.07) is 3.15. The molecule has 2 rings (SSSR count). The molecule has 0 spiro atoms. The molecular formula is C12H8N2O7. The minimum Gasteiger partial charge on any atom is -0.496 e. The van der Waals surface area contributed by atoms with E-state index in [1.165, 1.54) is 13.2 Å². The third-order valence-electron chi connectivity index (χ3n) is 2.75. The van der Waals surface area contributed by atoms with Gasteiger partial charge in [0.25, 0.3) is 5.69 Å². The summed E-state index contributed by atoms with van der Waals surface area (Å²) < 4.78 is 4.88. The van der Waals surface area contributed by atoms with E-state index in [4.69, 9.17) is 14.9 Å². The number of non-ortho nitro benzene ring substituents is 1. The van der Waals surface area contributed by atoms with Crippen LogP contribution in [-0.4, -0.2) is 39.2 Å². The van der Waals surface area contributed by atoms with Gasteiger partial charge in [-0.15, -0.1) is 0 Å². The zero-order valence-corrected chi connectivity index (χ0v) is 10.6. The van der Waals surface area contributed by atoms with Crippen LogP contribution >= 0.6 is 0 Å². The number of methoxy groups -OCH3 is 1. The molecule has 1 heterocycles. The van der Waals surface area contributed by atoms with Crippen molar-refractivity contribution in [3.05, 3.63) is 39.6 Å². The summed E-state index contributed by atoms with van der Waals surface area (Å²) in [5.74, 6) is -2.83. The lowest BCUT2D eigenvalue weighted by molar-refractivity contribution is -0.383. The van der Waals surface area contributed by atoms with E-state index in [9.17, 15) is 19.7 Å². The molecule has 0 bridgehead atoms. The van der Waals surface area contributed by atoms with E-state index in [-0.39, 0.29) is 16.7 Å². The second kappa shape index (κ2) is 5.04. The summed E-state index contributed by atoms with van der Waals surface area (Å²) >= 11 is 0. The van der Waals surface area contributed by atoms with Crippen LogP contribution in [0.25, 0.3) is 10.9 Å². The Kier molecular flexibility index (Phi) is 3.40. The molecule has 108 valence electrons. The van der Waals surface area contributed by atoms with E-state index in [0.29, 0.717) is 0 Å². The highest BCUT2D eigenvalue weighted by Crippen LogP contribution is 2.32. The fourth-order valence-corrected chi connectivity index (χ4v) is 1.83. The molecule has 1 aromatic heterocycles. The van der Waals surface area contributed by atoms with Gasteiger partial charge >= 0.3 is 11.9 Å². The number of fused-ring (bicyclic) bond motifs is 1. The molecule has 0 aliphatic heterocycles. The average molecular weight is 292 g/mol. The Hall–Kier alpha value is -3.23. The summed E-state index contributed by atoms with van der Waals surface area (Å²) in [6.45, 7) is 0. The Balaban J connectivity index is 2.99. The van der Waals surface area contributed by atoms with Gasteiger partial charge in [0.05, 0.1) is 23.7 Å². The predicted molar refractivity (Wildman–Crippen MR) is 68.9 cm³/mol. The Morgan fingerprint density at radius 2 is 1.90 bits per heavy atom. The molecular weight excluding hydrogens is 284 g/mol. The number of aromatic carboxylic acids is 2. The molecule has 0 aliphatic carbocycles. The van der Waals surface area contributed by atoms with Crippen LogP contribution < -0.4 is 4.74 Å². The molecule has 2 N–H and O–H groups in total. The third kappa shape index (κ3) is 2.43. The lowest BCUT2D eigenvalue weighted by Gasteiger charge is -2.07. The summed E-state index contributed by atoms with van der Waals surface area (Å²) in [6.07, 6.45) is 0. The average Bonchev–Trinajstić information content (AvgIpc) is 2.44. The molecule has 0 aliphatic rings. The number of hydrogen-bond donors (Lipinski definition) is 2. The highest BCUT2D eigenvalue weighted by atomic mass is 16.6. The molecule has 21 heavy (non-hydrogen) atoms. The first kappa shape index (κ1) is 14.2. The standard InChI is InChI=1S/C12H8N2O7/c1-21-5-2-6-7(11(15)16)4-8(12(17)18)13-10(6)9(3-5)14(19)20/h2-4H,1H3,(H,15,16)(H,17,18). The molecule has 0 atom stereocenters. The van der Waals surface area contributed by atoms with Gasteiger partial charge in [-0.25, -0.2) is 14.6 Å². The number of hydrogen-bond acceptors (Lipinski definition) is 6. The van der Waals surface area contributed by atoms with Crippen LogP contribution in [0.4, 0.5) is 5.69 Å². The van der Waals surface area contributed by atoms with Crippen molar-refractivity contribution in [2.24, 2.45) is 0 Å². The maximum Gasteiger partial charge on any atom is 0.354 e. The van der Waals surface area contributed by atoms with Crippen molar-refractivity contribution in [2.45, 2.75) is 0 Å². The largest absolute Gasteiger partial charge is 0.496 e. The van der Waals surface area contributed by atoms with Crippen LogP contribution in [0.15, 0.2) is 18.2 Å². The van der Waals surface area contributed by atoms with Gasteiger partial charge in [0.2, 0.25) is 0 Å². The van der Waals surface area contributed by atoms with Crippen molar-refractivity contribution in [3.8, 4) is 5.75 Å². The number of pyridine rings is 1. The van der Waals surface area contributed by atoms with Gasteiger partial charge in [-0.3, -0.25) is 10.1 Å². The summed E-state index contributed by atoms with van der Waals surface area (Å²) in [7, 11) is 1.27. The number of carbonyl (C=O) groups is 2. The molecule has 0 amide bonds. The number of carboxylic acid groups (broad SMARTS) is 2. The number of benzene rings is 1. The maximum absolute atomic E-state index is 11.2. The summed E-state index contributed by atoms with van der Waals surface area (Å²) in [5, 5.41) is 29.1. The van der Waals surface area contributed by atoms with Gasteiger partial charge in [0.15, 0.2) is 0 Å². The molecule has 2 aromatic rings. The first-order valence-corrected chi connectivity index (χ1v) is 5.49. The maximum atomic E-state index is 11.2. The minimum absolute atomic E-state index is 0.0708. The lowest BCUT2D eigenvalue weighted by atomic mass is 10.1. The van der Waals surface area contributed by atoms with Crippen molar-refractivity contribution in [2.75, 3.05) is 7.11 Å². The normalized spacial score (nSPS) is 10.3. The Labute approximate surface area is 116 Å². The Bertz CT molecular complexity index is 785. The van der Waals surface area contributed by atoms with Crippen LogP contribution in [0.1, 0.15) is 20.8 Å². The van der Waals surface area contributed by atoms with Crippen LogP contribution in [-0.2, 0) is 0 Å². The van der Waals surface area contributed by atoms with Gasteiger partial charge in [-0.05, 0) is 12.1 Å². The molecule has 0 saturated heterocycles. The fourth-order valence-electron chi connectivity index (χ4n) is 1.83. The monoisotopic (exact) mass is 292 g/mol. The lowest BCUT2D eigenvalue weighted by Crippen LogP contribution is -2.07. The number of carboxylic acids is 2. The number of nitro groups is 1. The van der Waals surface area contributed by atoms with Gasteiger partial charge in [-0.1, -0.05) is 0 Å². The van der Waals surface area contributed by atoms with Crippen molar-refractivity contribution >= 4 is 28.5 Å². The fraction of sp³-hybridized carbons (Fsp3) is 0.0833. The zero-order chi connectivity index (χ0) is 15.7. The van der Waals surface area contributed by atoms with Crippen molar-refractivity contribution in [1.82, 2.24) is 4.98 Å². The third-order valence-corrected chi connectivity index (χ3v) is 2.75. The molecule has 0 unspecified atom stereocenters. The highest BCUT2D eigenvalue weighted by molar-refractivity contribution is 6.07. The number of aromatic nitrogens is 1. The molecule has 0 radical (unpaired) electrons. The van der Waals surface area contributed by atoms with E-state index in [1.807, 2.05) is 0 Å². The topological polar surface area (TPSA) is 140 Å². The van der Waals surface area contributed by atoms with Gasteiger partial charge in [-0.2, -0.15) is 0 Å². The number of nitro benzene ring substituents is 1. The Morgan fingerprint density at radius 3 is 2.38 bits per heavy atom. The van der Waals surface area contributed by atoms with Crippen LogP contribution in [0, 0.1) is 10.1 Å². The van der Waals surface area contributed by atoms with Crippen LogP contribution in [0.2, 0.25) is 0 Å². The van der Waals surface area contributed by atoms with Gasteiger partial charge in [0, 0.05) is 5.39 Å². The minimum atomic E-state index is -1.48. The summed E-state index contributed by atoms with van der Waals surface area (Å²) in [5.41, 5.74) is -1.85. The molecule has 0 saturated carbocycles. The van der Waals surface area contributed by atoms with E-state index in [1.54, 1.807) is 0 Å². The van der Waals surface area contributed by atoms with E-state index in [2.05, 4.69) is 4.98 Å². The Morgan fingerprint density at radius 1 is 1.24 bits per heavy atom. The SMILES string of the molecule is COc1cc([N+](=O)[O-])c2nc(C(=O)O)cc(C(=O)O)c2c1.